The zero-order chi connectivity index (χ0) is 25.8. The van der Waals surface area contributed by atoms with Crippen molar-refractivity contribution in [1.82, 2.24) is 9.80 Å². The van der Waals surface area contributed by atoms with E-state index in [9.17, 15) is 9.59 Å². The van der Waals surface area contributed by atoms with E-state index in [-0.39, 0.29) is 11.8 Å². The maximum atomic E-state index is 13.9. The van der Waals surface area contributed by atoms with E-state index in [2.05, 4.69) is 29.3 Å². The molecule has 0 unspecified atom stereocenters. The zero-order valence-electron chi connectivity index (χ0n) is 21.6. The molecular formula is C30H35N3O3S. The van der Waals surface area contributed by atoms with E-state index in [0.29, 0.717) is 18.7 Å². The number of hydrogen-bond donors (Lipinski definition) is 1. The minimum absolute atomic E-state index is 0.0634. The lowest BCUT2D eigenvalue weighted by Crippen LogP contribution is -2.47. The highest BCUT2D eigenvalue weighted by Gasteiger charge is 2.44. The highest BCUT2D eigenvalue weighted by Crippen LogP contribution is 2.44. The summed E-state index contributed by atoms with van der Waals surface area (Å²) in [6, 6.07) is 19.3. The van der Waals surface area contributed by atoms with Gasteiger partial charge in [-0.3, -0.25) is 14.5 Å². The maximum absolute atomic E-state index is 13.9. The van der Waals surface area contributed by atoms with Crippen molar-refractivity contribution in [3.8, 4) is 0 Å². The number of methoxy groups -OCH3 is 1. The summed E-state index contributed by atoms with van der Waals surface area (Å²) >= 11 is 1.57. The van der Waals surface area contributed by atoms with Crippen LogP contribution in [0, 0.1) is 5.92 Å². The van der Waals surface area contributed by atoms with Crippen LogP contribution in [-0.2, 0) is 16.1 Å². The molecule has 2 aliphatic heterocycles. The van der Waals surface area contributed by atoms with Crippen LogP contribution in [0.15, 0.2) is 66.0 Å². The van der Waals surface area contributed by atoms with Gasteiger partial charge in [0.25, 0.3) is 5.91 Å². The first-order valence-corrected chi connectivity index (χ1v) is 14.0. The Kier molecular flexibility index (Phi) is 8.03. The number of anilines is 1. The smallest absolute Gasteiger partial charge is 0.254 e. The summed E-state index contributed by atoms with van der Waals surface area (Å²) in [5, 5.41) is 5.15. The lowest BCUT2D eigenvalue weighted by atomic mass is 9.81. The number of thiophene rings is 1. The number of amides is 2. The molecule has 0 bridgehead atoms. The third-order valence-corrected chi connectivity index (χ3v) is 8.54. The summed E-state index contributed by atoms with van der Waals surface area (Å²) < 4.78 is 5.31. The number of likely N-dealkylation sites (tertiary alicyclic amines) is 1. The number of piperidine rings is 1. The molecule has 37 heavy (non-hydrogen) atoms. The molecule has 1 saturated heterocycles. The quantitative estimate of drug-likeness (QED) is 0.426. The Morgan fingerprint density at radius 2 is 1.81 bits per heavy atom. The summed E-state index contributed by atoms with van der Waals surface area (Å²) in [6.45, 7) is 6.37. The van der Waals surface area contributed by atoms with Gasteiger partial charge in [0.15, 0.2) is 0 Å². The fourth-order valence-corrected chi connectivity index (χ4v) is 6.35. The van der Waals surface area contributed by atoms with E-state index >= 15 is 0 Å². The van der Waals surface area contributed by atoms with Gasteiger partial charge in [-0.05, 0) is 72.6 Å². The minimum atomic E-state index is -0.528. The molecule has 1 aromatic heterocycles. The molecular weight excluding hydrogens is 482 g/mol. The first kappa shape index (κ1) is 25.6. The van der Waals surface area contributed by atoms with Crippen molar-refractivity contribution in [3.63, 3.8) is 0 Å². The largest absolute Gasteiger partial charge is 0.383 e. The molecule has 194 valence electrons. The second-order valence-electron chi connectivity index (χ2n) is 10.2. The number of nitrogens with zero attached hydrogens (tertiary/aromatic N) is 2. The molecule has 0 saturated carbocycles. The van der Waals surface area contributed by atoms with Crippen LogP contribution in [0.5, 0.6) is 0 Å². The van der Waals surface area contributed by atoms with Crippen molar-refractivity contribution in [3.05, 3.63) is 87.6 Å². The fraction of sp³-hybridized carbons (Fsp3) is 0.400. The van der Waals surface area contributed by atoms with Gasteiger partial charge in [0.1, 0.15) is 0 Å². The number of hydrogen-bond acceptors (Lipinski definition) is 5. The van der Waals surface area contributed by atoms with E-state index < -0.39 is 12.0 Å². The number of fused-ring (bicyclic) bond motifs is 1. The predicted molar refractivity (Wildman–Crippen MR) is 148 cm³/mol. The van der Waals surface area contributed by atoms with Gasteiger partial charge in [-0.2, -0.15) is 0 Å². The van der Waals surface area contributed by atoms with Crippen molar-refractivity contribution in [2.45, 2.75) is 38.3 Å². The molecule has 2 aromatic carbocycles. The van der Waals surface area contributed by atoms with Gasteiger partial charge >= 0.3 is 0 Å². The van der Waals surface area contributed by atoms with Crippen LogP contribution >= 0.6 is 11.3 Å². The number of rotatable bonds is 8. The van der Waals surface area contributed by atoms with Gasteiger partial charge in [0, 0.05) is 36.3 Å². The Balaban J connectivity index is 1.39. The Bertz CT molecular complexity index is 1200. The van der Waals surface area contributed by atoms with E-state index in [1.165, 1.54) is 18.4 Å². The van der Waals surface area contributed by atoms with Gasteiger partial charge < -0.3 is 15.0 Å². The zero-order valence-corrected chi connectivity index (χ0v) is 22.4. The summed E-state index contributed by atoms with van der Waals surface area (Å²) in [4.78, 5) is 32.7. The van der Waals surface area contributed by atoms with Gasteiger partial charge in [-0.1, -0.05) is 43.3 Å². The van der Waals surface area contributed by atoms with Gasteiger partial charge in [-0.15, -0.1) is 11.3 Å². The summed E-state index contributed by atoms with van der Waals surface area (Å²) in [6.07, 6.45) is 2.51. The molecule has 0 radical (unpaired) electrons. The molecule has 1 N–H and O–H groups in total. The predicted octanol–water partition coefficient (Wildman–Crippen LogP) is 5.55. The molecule has 2 atom stereocenters. The van der Waals surface area contributed by atoms with Crippen molar-refractivity contribution < 1.29 is 14.3 Å². The van der Waals surface area contributed by atoms with Crippen molar-refractivity contribution >= 4 is 28.8 Å². The van der Waals surface area contributed by atoms with Crippen LogP contribution in [0.1, 0.15) is 58.1 Å². The Morgan fingerprint density at radius 1 is 1.05 bits per heavy atom. The average molecular weight is 518 g/mol. The van der Waals surface area contributed by atoms with E-state index in [0.717, 1.165) is 41.7 Å². The topological polar surface area (TPSA) is 61.9 Å². The van der Waals surface area contributed by atoms with Gasteiger partial charge in [0.05, 0.1) is 18.6 Å². The normalized spacial score (nSPS) is 20.6. The van der Waals surface area contributed by atoms with Crippen LogP contribution in [-0.4, -0.2) is 55.0 Å². The van der Waals surface area contributed by atoms with Gasteiger partial charge in [0.2, 0.25) is 5.91 Å². The Labute approximate surface area is 223 Å². The Hall–Kier alpha value is -3.00. The molecule has 3 aromatic rings. The first-order chi connectivity index (χ1) is 18.0. The molecule has 2 amide bonds. The fourth-order valence-electron chi connectivity index (χ4n) is 5.48. The standard InChI is InChI=1S/C30H35N3O3S/c1-21-13-15-32(16-14-21)20-22-9-11-23(12-10-22)31-29(34)27-24-6-3-4-7-25(24)30(35)33(17-18-36-2)28(27)26-8-5-19-37-26/h3-12,19,21,27-28H,13-18,20H2,1-2H3,(H,31,34)/t27-,28-/m1/s1. The molecule has 3 heterocycles. The molecule has 0 spiro atoms. The number of carbonyl (C=O) groups is 2. The highest BCUT2D eigenvalue weighted by molar-refractivity contribution is 7.10. The lowest BCUT2D eigenvalue weighted by Gasteiger charge is -2.41. The number of nitrogens with one attached hydrogen (secondary N) is 1. The third kappa shape index (κ3) is 5.64. The summed E-state index contributed by atoms with van der Waals surface area (Å²) in [5.41, 5.74) is 3.37. The van der Waals surface area contributed by atoms with Crippen molar-refractivity contribution in [2.24, 2.45) is 5.92 Å². The summed E-state index contributed by atoms with van der Waals surface area (Å²) in [7, 11) is 1.63. The van der Waals surface area contributed by atoms with E-state index in [4.69, 9.17) is 4.74 Å². The third-order valence-electron chi connectivity index (χ3n) is 7.60. The number of carbonyl (C=O) groups excluding carboxylic acids is 2. The molecule has 1 fully saturated rings. The van der Waals surface area contributed by atoms with Crippen LogP contribution in [0.25, 0.3) is 0 Å². The minimum Gasteiger partial charge on any atom is -0.383 e. The monoisotopic (exact) mass is 517 g/mol. The molecule has 0 aliphatic carbocycles. The lowest BCUT2D eigenvalue weighted by molar-refractivity contribution is -0.119. The SMILES string of the molecule is COCCN1C(=O)c2ccccc2[C@@H](C(=O)Nc2ccc(CN3CCC(C)CC3)cc2)[C@H]1c1cccs1. The summed E-state index contributed by atoms with van der Waals surface area (Å²) in [5.74, 6) is 0.113. The Morgan fingerprint density at radius 3 is 2.51 bits per heavy atom. The molecule has 2 aliphatic rings. The van der Waals surface area contributed by atoms with Crippen LogP contribution in [0.2, 0.25) is 0 Å². The van der Waals surface area contributed by atoms with Crippen molar-refractivity contribution in [1.29, 1.82) is 0 Å². The van der Waals surface area contributed by atoms with Crippen molar-refractivity contribution in [2.75, 3.05) is 38.7 Å². The van der Waals surface area contributed by atoms with Crippen LogP contribution in [0.4, 0.5) is 5.69 Å². The second-order valence-corrected chi connectivity index (χ2v) is 11.1. The number of ether oxygens (including phenoxy) is 1. The highest BCUT2D eigenvalue weighted by atomic mass is 32.1. The maximum Gasteiger partial charge on any atom is 0.254 e. The van der Waals surface area contributed by atoms with Crippen LogP contribution < -0.4 is 5.32 Å². The molecule has 5 rings (SSSR count). The van der Waals surface area contributed by atoms with Crippen LogP contribution in [0.3, 0.4) is 0 Å². The second kappa shape index (κ2) is 11.6. The van der Waals surface area contributed by atoms with Gasteiger partial charge in [-0.25, -0.2) is 0 Å². The average Bonchev–Trinajstić information content (AvgIpc) is 3.45. The molecule has 7 heteroatoms. The van der Waals surface area contributed by atoms with E-state index in [1.54, 1.807) is 23.3 Å². The van der Waals surface area contributed by atoms with E-state index in [1.807, 2.05) is 53.9 Å². The first-order valence-electron chi connectivity index (χ1n) is 13.1. The number of benzene rings is 2. The molecule has 6 nitrogen and oxygen atoms in total.